The Hall–Kier alpha value is -4.70. The molecule has 184 valence electrons. The van der Waals surface area contributed by atoms with Gasteiger partial charge >= 0.3 is 6.09 Å². The van der Waals surface area contributed by atoms with Crippen molar-refractivity contribution in [2.24, 2.45) is 5.92 Å². The van der Waals surface area contributed by atoms with Crippen molar-refractivity contribution in [2.45, 2.75) is 44.4 Å². The van der Waals surface area contributed by atoms with Crippen LogP contribution in [0.4, 0.5) is 4.79 Å². The Morgan fingerprint density at radius 3 is 2.73 bits per heavy atom. The van der Waals surface area contributed by atoms with E-state index in [2.05, 4.69) is 32.0 Å². The first kappa shape index (κ1) is 22.7. The van der Waals surface area contributed by atoms with E-state index in [0.717, 1.165) is 48.9 Å². The fraction of sp³-hybridized carbons (Fsp3) is 0.333. The molecule has 2 atom stereocenters. The van der Waals surface area contributed by atoms with E-state index in [1.54, 1.807) is 34.0 Å². The minimum Gasteiger partial charge on any atom is -0.441 e. The van der Waals surface area contributed by atoms with Gasteiger partial charge in [0.2, 0.25) is 0 Å². The average Bonchev–Trinajstić information content (AvgIpc) is 3.62. The zero-order valence-electron chi connectivity index (χ0n) is 20.1. The quantitative estimate of drug-likeness (QED) is 0.413. The van der Waals surface area contributed by atoms with Crippen LogP contribution >= 0.6 is 0 Å². The first-order valence-electron chi connectivity index (χ1n) is 12.3. The van der Waals surface area contributed by atoms with E-state index in [-0.39, 0.29) is 6.09 Å². The molecule has 6 rings (SSSR count). The summed E-state index contributed by atoms with van der Waals surface area (Å²) in [6.45, 7) is 1.61. The molecule has 3 heterocycles. The number of aromatic nitrogens is 5. The number of rotatable bonds is 5. The minimum absolute atomic E-state index is 0.319. The molecule has 37 heavy (non-hydrogen) atoms. The number of hydrogen-bond donors (Lipinski definition) is 0. The van der Waals surface area contributed by atoms with Gasteiger partial charge in [0.1, 0.15) is 11.3 Å². The molecule has 1 saturated heterocycles. The topological polar surface area (TPSA) is 126 Å². The molecule has 10 heteroatoms. The zero-order valence-corrected chi connectivity index (χ0v) is 20.1. The van der Waals surface area contributed by atoms with Gasteiger partial charge in [0.05, 0.1) is 65.6 Å². The Labute approximate surface area is 213 Å². The van der Waals surface area contributed by atoms with Gasteiger partial charge in [0.15, 0.2) is 0 Å². The van der Waals surface area contributed by atoms with Crippen LogP contribution in [-0.4, -0.2) is 47.7 Å². The standard InChI is InChI=1S/C27H24N8O2/c28-12-19-3-6-23(7-4-19)35-16-22(31-32-35)15-33-17-27(37-26(33)36)9-1-2-21(11-27)14-34-18-30-24-8-5-20(13-29)10-25(24)34/h3-8,10,16,18,21H,1-2,9,11,14-15,17H2/t21-,27-/m0/s1. The Morgan fingerprint density at radius 1 is 1.11 bits per heavy atom. The highest BCUT2D eigenvalue weighted by molar-refractivity contribution is 5.77. The van der Waals surface area contributed by atoms with Crippen molar-refractivity contribution in [3.8, 4) is 17.8 Å². The summed E-state index contributed by atoms with van der Waals surface area (Å²) in [6, 6.07) is 16.9. The monoisotopic (exact) mass is 492 g/mol. The summed E-state index contributed by atoms with van der Waals surface area (Å²) >= 11 is 0. The second-order valence-corrected chi connectivity index (χ2v) is 9.89. The van der Waals surface area contributed by atoms with Crippen LogP contribution in [0.2, 0.25) is 0 Å². The largest absolute Gasteiger partial charge is 0.441 e. The van der Waals surface area contributed by atoms with Crippen molar-refractivity contribution in [3.05, 3.63) is 71.8 Å². The maximum absolute atomic E-state index is 12.8. The second kappa shape index (κ2) is 9.07. The van der Waals surface area contributed by atoms with Crippen LogP contribution in [0.3, 0.4) is 0 Å². The van der Waals surface area contributed by atoms with Crippen LogP contribution in [0, 0.1) is 28.6 Å². The van der Waals surface area contributed by atoms with Gasteiger partial charge in [-0.25, -0.2) is 14.5 Å². The summed E-state index contributed by atoms with van der Waals surface area (Å²) in [6.07, 6.45) is 6.96. The van der Waals surface area contributed by atoms with E-state index in [1.165, 1.54) is 0 Å². The molecule has 1 aliphatic carbocycles. The van der Waals surface area contributed by atoms with Crippen LogP contribution in [0.15, 0.2) is 55.0 Å². The third-order valence-corrected chi connectivity index (χ3v) is 7.31. The van der Waals surface area contributed by atoms with Crippen LogP contribution < -0.4 is 0 Å². The molecule has 4 aromatic rings. The van der Waals surface area contributed by atoms with Gasteiger partial charge in [0.25, 0.3) is 0 Å². The Kier molecular flexibility index (Phi) is 5.57. The molecular weight excluding hydrogens is 468 g/mol. The van der Waals surface area contributed by atoms with Crippen molar-refractivity contribution in [3.63, 3.8) is 0 Å². The summed E-state index contributed by atoms with van der Waals surface area (Å²) in [7, 11) is 0. The van der Waals surface area contributed by atoms with Crippen molar-refractivity contribution < 1.29 is 9.53 Å². The van der Waals surface area contributed by atoms with Gasteiger partial charge in [-0.15, -0.1) is 5.10 Å². The van der Waals surface area contributed by atoms with Crippen molar-refractivity contribution >= 4 is 17.1 Å². The lowest BCUT2D eigenvalue weighted by Crippen LogP contribution is -2.40. The Bertz CT molecular complexity index is 1560. The van der Waals surface area contributed by atoms with Gasteiger partial charge in [-0.1, -0.05) is 5.21 Å². The lowest BCUT2D eigenvalue weighted by molar-refractivity contribution is 0.00415. The Balaban J connectivity index is 1.13. The van der Waals surface area contributed by atoms with E-state index < -0.39 is 5.60 Å². The summed E-state index contributed by atoms with van der Waals surface area (Å²) in [5, 5.41) is 26.7. The molecule has 1 amide bonds. The van der Waals surface area contributed by atoms with Gasteiger partial charge in [-0.05, 0) is 74.1 Å². The van der Waals surface area contributed by atoms with E-state index in [0.29, 0.717) is 35.8 Å². The molecule has 0 unspecified atom stereocenters. The van der Waals surface area contributed by atoms with Gasteiger partial charge in [-0.2, -0.15) is 10.5 Å². The number of nitrogens with zero attached hydrogens (tertiary/aromatic N) is 8. The molecule has 0 N–H and O–H groups in total. The minimum atomic E-state index is -0.503. The molecular formula is C27H24N8O2. The van der Waals surface area contributed by atoms with Crippen LogP contribution in [0.5, 0.6) is 0 Å². The first-order valence-corrected chi connectivity index (χ1v) is 12.3. The maximum atomic E-state index is 12.8. The third kappa shape index (κ3) is 4.38. The lowest BCUT2D eigenvalue weighted by Gasteiger charge is -2.36. The highest BCUT2D eigenvalue weighted by Gasteiger charge is 2.48. The normalized spacial score (nSPS) is 21.2. The van der Waals surface area contributed by atoms with Crippen LogP contribution in [-0.2, 0) is 17.8 Å². The van der Waals surface area contributed by atoms with Gasteiger partial charge in [-0.3, -0.25) is 4.90 Å². The number of imidazole rings is 1. The van der Waals surface area contributed by atoms with Crippen molar-refractivity contribution in [2.75, 3.05) is 6.54 Å². The fourth-order valence-electron chi connectivity index (χ4n) is 5.58. The highest BCUT2D eigenvalue weighted by Crippen LogP contribution is 2.41. The van der Waals surface area contributed by atoms with E-state index in [1.807, 2.05) is 30.6 Å². The number of carbonyl (C=O) groups is 1. The van der Waals surface area contributed by atoms with E-state index in [4.69, 9.17) is 10.00 Å². The van der Waals surface area contributed by atoms with Gasteiger partial charge in [0, 0.05) is 6.54 Å². The number of amides is 1. The van der Waals surface area contributed by atoms with E-state index in [9.17, 15) is 10.1 Å². The molecule has 2 fully saturated rings. The molecule has 0 bridgehead atoms. The van der Waals surface area contributed by atoms with E-state index >= 15 is 0 Å². The van der Waals surface area contributed by atoms with Crippen molar-refractivity contribution in [1.82, 2.24) is 29.4 Å². The summed E-state index contributed by atoms with van der Waals surface area (Å²) in [4.78, 5) is 19.0. The van der Waals surface area contributed by atoms with Crippen molar-refractivity contribution in [1.29, 1.82) is 10.5 Å². The third-order valence-electron chi connectivity index (χ3n) is 7.31. The number of hydrogen-bond acceptors (Lipinski definition) is 7. The lowest BCUT2D eigenvalue weighted by atomic mass is 9.78. The number of nitriles is 2. The Morgan fingerprint density at radius 2 is 1.92 bits per heavy atom. The predicted molar refractivity (Wildman–Crippen MR) is 132 cm³/mol. The first-order chi connectivity index (χ1) is 18.0. The molecule has 1 saturated carbocycles. The van der Waals surface area contributed by atoms with Gasteiger partial charge < -0.3 is 9.30 Å². The molecule has 10 nitrogen and oxygen atoms in total. The molecule has 1 aliphatic heterocycles. The summed E-state index contributed by atoms with van der Waals surface area (Å²) in [5.41, 5.74) is 3.98. The number of ether oxygens (including phenoxy) is 1. The number of carbonyl (C=O) groups excluding carboxylic acids is 1. The second-order valence-electron chi connectivity index (χ2n) is 9.89. The SMILES string of the molecule is N#Cc1ccc(-n2cc(CN3C[C@@]4(CCC[C@H](Cn5cnc6ccc(C#N)cc65)C4)OC3=O)nn2)cc1. The number of fused-ring (bicyclic) bond motifs is 1. The number of benzene rings is 2. The maximum Gasteiger partial charge on any atom is 0.410 e. The summed E-state index contributed by atoms with van der Waals surface area (Å²) in [5.74, 6) is 0.335. The smallest absolute Gasteiger partial charge is 0.410 e. The highest BCUT2D eigenvalue weighted by atomic mass is 16.6. The molecule has 1 spiro atoms. The zero-order chi connectivity index (χ0) is 25.4. The summed E-state index contributed by atoms with van der Waals surface area (Å²) < 4.78 is 9.74. The molecule has 2 aliphatic rings. The van der Waals surface area contributed by atoms with Crippen LogP contribution in [0.25, 0.3) is 16.7 Å². The molecule has 2 aromatic heterocycles. The van der Waals surface area contributed by atoms with Crippen LogP contribution in [0.1, 0.15) is 42.5 Å². The molecule has 0 radical (unpaired) electrons. The average molecular weight is 493 g/mol. The predicted octanol–water partition coefficient (Wildman–Crippen LogP) is 3.94. The fourth-order valence-corrected chi connectivity index (χ4v) is 5.58. The molecule has 2 aromatic carbocycles.